The van der Waals surface area contributed by atoms with Gasteiger partial charge in [-0.3, -0.25) is 0 Å². The minimum Gasteiger partial charge on any atom is -0.507 e. The van der Waals surface area contributed by atoms with Crippen molar-refractivity contribution in [3.8, 4) is 11.5 Å². The van der Waals surface area contributed by atoms with Gasteiger partial charge >= 0.3 is 5.97 Å². The van der Waals surface area contributed by atoms with E-state index in [0.29, 0.717) is 22.0 Å². The molecule has 2 aromatic carbocycles. The van der Waals surface area contributed by atoms with Crippen molar-refractivity contribution in [1.29, 1.82) is 0 Å². The van der Waals surface area contributed by atoms with Crippen molar-refractivity contribution in [3.05, 3.63) is 81.9 Å². The molecule has 0 bridgehead atoms. The van der Waals surface area contributed by atoms with Crippen LogP contribution in [-0.2, 0) is 4.74 Å². The predicted octanol–water partition coefficient (Wildman–Crippen LogP) is 5.71. The van der Waals surface area contributed by atoms with Crippen LogP contribution < -0.4 is 0 Å². The molecule has 5 heteroatoms. The van der Waals surface area contributed by atoms with Crippen molar-refractivity contribution in [1.82, 2.24) is 0 Å². The van der Waals surface area contributed by atoms with Crippen LogP contribution >= 0.6 is 15.9 Å². The Hall–Kier alpha value is -2.53. The highest BCUT2D eigenvalue weighted by atomic mass is 79.9. The highest BCUT2D eigenvalue weighted by molar-refractivity contribution is 9.10. The summed E-state index contributed by atoms with van der Waals surface area (Å²) in [5.74, 6) is -0.669. The third-order valence-electron chi connectivity index (χ3n) is 5.18. The molecule has 0 spiro atoms. The number of phenolic OH excluding ortho intramolecular Hbond substituents is 2. The topological polar surface area (TPSA) is 66.8 Å². The van der Waals surface area contributed by atoms with Crippen LogP contribution in [0.3, 0.4) is 0 Å². The second kappa shape index (κ2) is 8.23. The number of ether oxygens (including phenoxy) is 1. The molecular weight excluding hydrogens is 420 g/mol. The maximum Gasteiger partial charge on any atom is 0.338 e. The Morgan fingerprint density at radius 3 is 2.36 bits per heavy atom. The van der Waals surface area contributed by atoms with Crippen molar-refractivity contribution in [2.75, 3.05) is 0 Å². The maximum atomic E-state index is 12.5. The molecule has 0 radical (unpaired) electrons. The summed E-state index contributed by atoms with van der Waals surface area (Å²) in [6, 6.07) is 12.0. The van der Waals surface area contributed by atoms with Gasteiger partial charge in [-0.05, 0) is 56.0 Å². The fourth-order valence-corrected chi connectivity index (χ4v) is 4.14. The quantitative estimate of drug-likeness (QED) is 0.469. The lowest BCUT2D eigenvalue weighted by molar-refractivity contribution is 0.0314. The van der Waals surface area contributed by atoms with Crippen LogP contribution in [0.15, 0.2) is 70.7 Å². The monoisotopic (exact) mass is 442 g/mol. The highest BCUT2D eigenvalue weighted by Gasteiger charge is 2.35. The van der Waals surface area contributed by atoms with Crippen molar-refractivity contribution in [2.24, 2.45) is 5.92 Å². The SMILES string of the molecule is C=C(C)[C@@H]1C[C@H](OC(=O)c2ccccc2)C(C)=C[C@H]1c1c(O)cc(Br)cc1O. The number of benzene rings is 2. The zero-order valence-corrected chi connectivity index (χ0v) is 17.4. The van der Waals surface area contributed by atoms with E-state index in [9.17, 15) is 15.0 Å². The standard InChI is InChI=1S/C23H23BrO4/c1-13(2)17-12-21(28-23(27)15-7-5-4-6-8-15)14(3)9-18(17)22-19(25)10-16(24)11-20(22)26/h4-11,17-18,21,25-26H,1,12H2,2-3H3/t17-,18+,21-/m0/s1. The molecular formula is C23H23BrO4. The van der Waals surface area contributed by atoms with Gasteiger partial charge in [-0.2, -0.15) is 0 Å². The van der Waals surface area contributed by atoms with Gasteiger partial charge in [0.25, 0.3) is 0 Å². The zero-order chi connectivity index (χ0) is 20.4. The lowest BCUT2D eigenvalue weighted by Crippen LogP contribution is -2.30. The number of aromatic hydroxyl groups is 2. The fraction of sp³-hybridized carbons (Fsp3) is 0.261. The first kappa shape index (κ1) is 20.2. The number of hydrogen-bond donors (Lipinski definition) is 2. The molecule has 0 unspecified atom stereocenters. The third kappa shape index (κ3) is 4.14. The fourth-order valence-electron chi connectivity index (χ4n) is 3.71. The Morgan fingerprint density at radius 1 is 1.18 bits per heavy atom. The Kier molecular flexibility index (Phi) is 5.94. The summed E-state index contributed by atoms with van der Waals surface area (Å²) < 4.78 is 6.35. The third-order valence-corrected chi connectivity index (χ3v) is 5.64. The molecule has 1 aliphatic carbocycles. The summed E-state index contributed by atoms with van der Waals surface area (Å²) in [5, 5.41) is 20.9. The minimum absolute atomic E-state index is 0.0203. The molecule has 0 aromatic heterocycles. The smallest absolute Gasteiger partial charge is 0.338 e. The van der Waals surface area contributed by atoms with Gasteiger partial charge in [0, 0.05) is 16.0 Å². The number of esters is 1. The van der Waals surface area contributed by atoms with E-state index >= 15 is 0 Å². The molecule has 2 N–H and O–H groups in total. The van der Waals surface area contributed by atoms with Gasteiger partial charge in [-0.15, -0.1) is 0 Å². The predicted molar refractivity (Wildman–Crippen MR) is 113 cm³/mol. The van der Waals surface area contributed by atoms with Gasteiger partial charge in [0.05, 0.1) is 5.56 Å². The first-order valence-corrected chi connectivity index (χ1v) is 9.88. The molecule has 0 saturated carbocycles. The molecule has 146 valence electrons. The molecule has 3 rings (SSSR count). The van der Waals surface area contributed by atoms with Crippen LogP contribution in [0.5, 0.6) is 11.5 Å². The minimum atomic E-state index is -0.384. The van der Waals surface area contributed by atoms with Gasteiger partial charge in [-0.25, -0.2) is 4.79 Å². The molecule has 3 atom stereocenters. The Bertz CT molecular complexity index is 910. The number of rotatable bonds is 4. The van der Waals surface area contributed by atoms with Gasteiger partial charge in [-0.1, -0.05) is 52.4 Å². The van der Waals surface area contributed by atoms with Crippen molar-refractivity contribution < 1.29 is 19.7 Å². The van der Waals surface area contributed by atoms with E-state index in [0.717, 1.165) is 11.1 Å². The highest BCUT2D eigenvalue weighted by Crippen LogP contribution is 2.47. The van der Waals surface area contributed by atoms with Crippen LogP contribution in [0.25, 0.3) is 0 Å². The van der Waals surface area contributed by atoms with Gasteiger partial charge < -0.3 is 14.9 Å². The molecule has 2 aromatic rings. The number of carbonyl (C=O) groups is 1. The molecule has 0 heterocycles. The van der Waals surface area contributed by atoms with E-state index in [1.54, 1.807) is 36.4 Å². The molecule has 4 nitrogen and oxygen atoms in total. The van der Waals surface area contributed by atoms with E-state index in [4.69, 9.17) is 4.74 Å². The van der Waals surface area contributed by atoms with Crippen LogP contribution in [0.1, 0.15) is 42.1 Å². The molecule has 0 amide bonds. The Balaban J connectivity index is 1.93. The van der Waals surface area contributed by atoms with Crippen molar-refractivity contribution in [3.63, 3.8) is 0 Å². The van der Waals surface area contributed by atoms with Crippen LogP contribution in [0, 0.1) is 5.92 Å². The lowest BCUT2D eigenvalue weighted by atomic mass is 9.73. The van der Waals surface area contributed by atoms with Crippen molar-refractivity contribution >= 4 is 21.9 Å². The summed E-state index contributed by atoms with van der Waals surface area (Å²) in [5.41, 5.74) is 2.75. The van der Waals surface area contributed by atoms with Gasteiger partial charge in [0.1, 0.15) is 17.6 Å². The number of phenols is 2. The first-order chi connectivity index (χ1) is 13.3. The zero-order valence-electron chi connectivity index (χ0n) is 15.9. The number of allylic oxidation sites excluding steroid dienone is 2. The normalized spacial score (nSPS) is 21.7. The summed E-state index contributed by atoms with van der Waals surface area (Å²) in [7, 11) is 0. The van der Waals surface area contributed by atoms with E-state index in [1.807, 2.05) is 26.0 Å². The lowest BCUT2D eigenvalue weighted by Gasteiger charge is -2.35. The van der Waals surface area contributed by atoms with E-state index < -0.39 is 0 Å². The second-order valence-electron chi connectivity index (χ2n) is 7.24. The molecule has 0 aliphatic heterocycles. The average molecular weight is 443 g/mol. The largest absolute Gasteiger partial charge is 0.507 e. The molecule has 0 fully saturated rings. The van der Waals surface area contributed by atoms with Gasteiger partial charge in [0.15, 0.2) is 0 Å². The molecule has 0 saturated heterocycles. The molecule has 1 aliphatic rings. The van der Waals surface area contributed by atoms with Gasteiger partial charge in [0.2, 0.25) is 0 Å². The van der Waals surface area contributed by atoms with Crippen molar-refractivity contribution in [2.45, 2.75) is 32.3 Å². The van der Waals surface area contributed by atoms with Crippen LogP contribution in [0.4, 0.5) is 0 Å². The maximum absolute atomic E-state index is 12.5. The van der Waals surface area contributed by atoms with E-state index in [1.165, 1.54) is 0 Å². The van der Waals surface area contributed by atoms with E-state index in [2.05, 4.69) is 22.5 Å². The number of hydrogen-bond acceptors (Lipinski definition) is 4. The summed E-state index contributed by atoms with van der Waals surface area (Å²) in [4.78, 5) is 12.5. The van der Waals surface area contributed by atoms with E-state index in [-0.39, 0.29) is 35.4 Å². The van der Waals surface area contributed by atoms with Crippen LogP contribution in [0.2, 0.25) is 0 Å². The summed E-state index contributed by atoms with van der Waals surface area (Å²) in [6.45, 7) is 7.90. The summed E-state index contributed by atoms with van der Waals surface area (Å²) >= 11 is 3.28. The van der Waals surface area contributed by atoms with Crippen LogP contribution in [-0.4, -0.2) is 22.3 Å². The first-order valence-electron chi connectivity index (χ1n) is 9.09. The number of carbonyl (C=O) groups excluding carboxylic acids is 1. The Labute approximate surface area is 173 Å². The second-order valence-corrected chi connectivity index (χ2v) is 8.16. The summed E-state index contributed by atoms with van der Waals surface area (Å²) in [6.07, 6.45) is 2.11. The Morgan fingerprint density at radius 2 is 1.79 bits per heavy atom. The number of halogens is 1. The molecule has 28 heavy (non-hydrogen) atoms. The average Bonchev–Trinajstić information content (AvgIpc) is 2.63.